The van der Waals surface area contributed by atoms with Crippen LogP contribution in [-0.4, -0.2) is 4.40 Å². The van der Waals surface area contributed by atoms with Crippen LogP contribution in [0.15, 0.2) is 220 Å². The van der Waals surface area contributed by atoms with E-state index in [2.05, 4.69) is 217 Å². The number of hydrogen-bond donors (Lipinski definition) is 0. The maximum Gasteiger partial charge on any atom is 0.213 e. The Balaban J connectivity index is 0.991. The molecule has 0 bridgehead atoms. The van der Waals surface area contributed by atoms with E-state index in [-0.39, 0.29) is 5.41 Å². The van der Waals surface area contributed by atoms with Crippen LogP contribution in [0.25, 0.3) is 104 Å². The van der Waals surface area contributed by atoms with E-state index in [0.717, 1.165) is 127 Å². The van der Waals surface area contributed by atoms with Crippen LogP contribution in [0.4, 0.5) is 34.1 Å². The van der Waals surface area contributed by atoms with Gasteiger partial charge in [-0.05, 0) is 125 Å². The summed E-state index contributed by atoms with van der Waals surface area (Å²) < 4.78 is 22.4. The van der Waals surface area contributed by atoms with E-state index in [4.69, 9.17) is 13.3 Å². The third kappa shape index (κ3) is 5.62. The number of nitrogens with zero attached hydrogens (tertiary/aromatic N) is 3. The van der Waals surface area contributed by atoms with E-state index in [0.29, 0.717) is 0 Å². The Kier molecular flexibility index (Phi) is 7.96. The second kappa shape index (κ2) is 14.3. The van der Waals surface area contributed by atoms with Gasteiger partial charge in [-0.3, -0.25) is 4.40 Å². The lowest BCUT2D eigenvalue weighted by Crippen LogP contribution is -2.10. The molecule has 332 valence electrons. The number of benzene rings is 10. The fourth-order valence-corrected chi connectivity index (χ4v) is 11.3. The summed E-state index contributed by atoms with van der Waals surface area (Å²) in [5.74, 6) is 0. The van der Waals surface area contributed by atoms with Gasteiger partial charge < -0.3 is 23.1 Å². The highest BCUT2D eigenvalue weighted by molar-refractivity contribution is 6.32. The summed E-state index contributed by atoms with van der Waals surface area (Å²) >= 11 is 0. The first kappa shape index (κ1) is 39.0. The van der Waals surface area contributed by atoms with Gasteiger partial charge in [0.2, 0.25) is 5.71 Å². The Morgan fingerprint density at radius 3 is 1.59 bits per heavy atom. The van der Waals surface area contributed by atoms with Crippen molar-refractivity contribution in [2.75, 3.05) is 9.80 Å². The quantitative estimate of drug-likeness (QED) is 0.166. The molecule has 0 fully saturated rings. The highest BCUT2D eigenvalue weighted by Crippen LogP contribution is 2.51. The largest absolute Gasteiger partial charge is 0.456 e. The molecule has 0 atom stereocenters. The van der Waals surface area contributed by atoms with Crippen molar-refractivity contribution in [2.24, 2.45) is 0 Å². The summed E-state index contributed by atoms with van der Waals surface area (Å²) in [5.41, 5.74) is 14.9. The molecule has 6 nitrogen and oxygen atoms in total. The van der Waals surface area contributed by atoms with Crippen LogP contribution in [-0.2, 0) is 5.41 Å². The Morgan fingerprint density at radius 1 is 0.357 bits per heavy atom. The molecule has 0 amide bonds. The second-order valence-corrected chi connectivity index (χ2v) is 19.7. The van der Waals surface area contributed by atoms with E-state index < -0.39 is 0 Å². The molecule has 5 heterocycles. The zero-order valence-corrected chi connectivity index (χ0v) is 38.7. The van der Waals surface area contributed by atoms with Crippen molar-refractivity contribution in [1.29, 1.82) is 0 Å². The fraction of sp³-hybridized carbons (Fsp3) is 0.0625. The van der Waals surface area contributed by atoms with E-state index in [1.807, 2.05) is 24.3 Å². The molecule has 0 spiro atoms. The molecule has 5 aromatic heterocycles. The Bertz CT molecular complexity index is 4590. The zero-order chi connectivity index (χ0) is 46.4. The molecule has 0 aliphatic heterocycles. The van der Waals surface area contributed by atoms with Crippen LogP contribution in [0, 0.1) is 0 Å². The fourth-order valence-electron chi connectivity index (χ4n) is 11.3. The molecule has 6 heteroatoms. The van der Waals surface area contributed by atoms with Crippen molar-refractivity contribution < 1.29 is 13.3 Å². The van der Waals surface area contributed by atoms with Crippen LogP contribution < -0.4 is 9.80 Å². The lowest BCUT2D eigenvalue weighted by molar-refractivity contribution is 0.590. The van der Waals surface area contributed by atoms with Gasteiger partial charge >= 0.3 is 0 Å². The van der Waals surface area contributed by atoms with Crippen molar-refractivity contribution in [3.63, 3.8) is 0 Å². The summed E-state index contributed by atoms with van der Waals surface area (Å²) in [7, 11) is 0. The van der Waals surface area contributed by atoms with Crippen LogP contribution >= 0.6 is 0 Å². The number of para-hydroxylation sites is 4. The lowest BCUT2D eigenvalue weighted by Gasteiger charge is -2.26. The molecule has 0 radical (unpaired) electrons. The molecule has 0 aliphatic carbocycles. The molecular formula is C64H43N3O3. The van der Waals surface area contributed by atoms with Gasteiger partial charge in [0.1, 0.15) is 27.9 Å². The predicted octanol–water partition coefficient (Wildman–Crippen LogP) is 18.8. The third-order valence-electron chi connectivity index (χ3n) is 14.6. The first-order valence-corrected chi connectivity index (χ1v) is 24.0. The van der Waals surface area contributed by atoms with Crippen molar-refractivity contribution >= 4 is 138 Å². The minimum Gasteiger partial charge on any atom is -0.456 e. The van der Waals surface area contributed by atoms with E-state index in [9.17, 15) is 0 Å². The van der Waals surface area contributed by atoms with Crippen LogP contribution in [0.3, 0.4) is 0 Å². The van der Waals surface area contributed by atoms with Gasteiger partial charge in [-0.15, -0.1) is 0 Å². The Morgan fingerprint density at radius 2 is 0.914 bits per heavy atom. The molecule has 0 saturated heterocycles. The molecule has 0 N–H and O–H groups in total. The number of aromatic nitrogens is 1. The summed E-state index contributed by atoms with van der Waals surface area (Å²) in [5, 5.41) is 12.4. The number of furan rings is 3. The first-order chi connectivity index (χ1) is 34.3. The lowest BCUT2D eigenvalue weighted by atomic mass is 9.86. The zero-order valence-electron chi connectivity index (χ0n) is 38.7. The molecule has 10 aromatic carbocycles. The monoisotopic (exact) mass is 901 g/mol. The maximum atomic E-state index is 7.11. The maximum absolute atomic E-state index is 7.11. The van der Waals surface area contributed by atoms with Gasteiger partial charge in [0.15, 0.2) is 0 Å². The van der Waals surface area contributed by atoms with E-state index in [1.54, 1.807) is 0 Å². The predicted molar refractivity (Wildman–Crippen MR) is 291 cm³/mol. The highest BCUT2D eigenvalue weighted by atomic mass is 16.3. The summed E-state index contributed by atoms with van der Waals surface area (Å²) in [4.78, 5) is 4.70. The molecule has 0 saturated carbocycles. The van der Waals surface area contributed by atoms with E-state index in [1.165, 1.54) is 16.3 Å². The number of anilines is 6. The van der Waals surface area contributed by atoms with Crippen molar-refractivity contribution in [1.82, 2.24) is 4.40 Å². The molecule has 0 unspecified atom stereocenters. The van der Waals surface area contributed by atoms with Crippen molar-refractivity contribution in [3.8, 4) is 0 Å². The van der Waals surface area contributed by atoms with Gasteiger partial charge in [0.05, 0.1) is 22.1 Å². The summed E-state index contributed by atoms with van der Waals surface area (Å²) in [6.07, 6.45) is 0. The topological polar surface area (TPSA) is 50.3 Å². The molecular weight excluding hydrogens is 859 g/mol. The first-order valence-electron chi connectivity index (χ1n) is 24.0. The Hall–Kier alpha value is -9.00. The third-order valence-corrected chi connectivity index (χ3v) is 14.6. The van der Waals surface area contributed by atoms with Crippen LogP contribution in [0.2, 0.25) is 0 Å². The van der Waals surface area contributed by atoms with Crippen LogP contribution in [0.1, 0.15) is 26.3 Å². The SMILES string of the molecule is CC(C)(C)c1ccc2oc3c(c2c1)c1c(N(c2ccccc2)c2ccc4c(c2)oc2ccccc24)ccc2c4cc5ccc(N(c6ccccc6)c6ccc7c(c6)oc6ccccc67)cc5cc4n3c21. The smallest absolute Gasteiger partial charge is 0.213 e. The van der Waals surface area contributed by atoms with Crippen molar-refractivity contribution in [2.45, 2.75) is 26.2 Å². The number of fused-ring (bicyclic) bond motifs is 15. The average Bonchev–Trinajstić information content (AvgIpc) is 4.19. The van der Waals surface area contributed by atoms with E-state index >= 15 is 0 Å². The summed E-state index contributed by atoms with van der Waals surface area (Å²) in [6, 6.07) is 73.8. The van der Waals surface area contributed by atoms with Gasteiger partial charge in [-0.1, -0.05) is 112 Å². The number of rotatable bonds is 6. The molecule has 15 aromatic rings. The van der Waals surface area contributed by atoms with Gasteiger partial charge in [0, 0.05) is 83.7 Å². The number of hydrogen-bond acceptors (Lipinski definition) is 5. The molecule has 70 heavy (non-hydrogen) atoms. The summed E-state index contributed by atoms with van der Waals surface area (Å²) in [6.45, 7) is 6.83. The molecule has 0 aliphatic rings. The van der Waals surface area contributed by atoms with Gasteiger partial charge in [-0.2, -0.15) is 0 Å². The van der Waals surface area contributed by atoms with Crippen molar-refractivity contribution in [3.05, 3.63) is 212 Å². The minimum absolute atomic E-state index is 0.0616. The second-order valence-electron chi connectivity index (χ2n) is 19.7. The standard InChI is InChI=1S/C64H43N3O3/c1-64(2,3)40-23-31-57-52(35-40)60-61-53(66(42-16-8-5-9-17-42)45-26-28-49-47-19-11-13-21-56(47)69-59(49)37-45)30-29-50-51-33-38-22-24-43(32-39(38)34-54(51)67(62(50)61)63(60)70-57)65(41-14-6-4-7-15-41)44-25-27-48-46-18-10-12-20-55(46)68-58(48)36-44/h4-37H,1-3H3. The Labute approximate surface area is 401 Å². The highest BCUT2D eigenvalue weighted by Gasteiger charge is 2.29. The normalized spacial score (nSPS) is 12.5. The minimum atomic E-state index is -0.0616. The van der Waals surface area contributed by atoms with Gasteiger partial charge in [-0.25, -0.2) is 0 Å². The van der Waals surface area contributed by atoms with Gasteiger partial charge in [0.25, 0.3) is 0 Å². The molecule has 15 rings (SSSR count). The average molecular weight is 902 g/mol. The van der Waals surface area contributed by atoms with Crippen LogP contribution in [0.5, 0.6) is 0 Å².